The van der Waals surface area contributed by atoms with E-state index in [2.05, 4.69) is 26.2 Å². The fraction of sp³-hybridized carbons (Fsp3) is 0.333. The lowest BCUT2D eigenvalue weighted by Gasteiger charge is -2.38. The molecule has 3 aliphatic heterocycles. The molecule has 6 N–H and O–H groups in total. The van der Waals surface area contributed by atoms with Gasteiger partial charge in [-0.3, -0.25) is 29.4 Å². The highest BCUT2D eigenvalue weighted by Crippen LogP contribution is 2.40. The first kappa shape index (κ1) is 44.3. The zero-order valence-electron chi connectivity index (χ0n) is 36.2. The Morgan fingerprint density at radius 2 is 1.65 bits per heavy atom. The summed E-state index contributed by atoms with van der Waals surface area (Å²) in [5, 5.41) is 16.6. The van der Waals surface area contributed by atoms with Gasteiger partial charge >= 0.3 is 6.03 Å². The van der Waals surface area contributed by atoms with Crippen molar-refractivity contribution in [1.29, 1.82) is 0 Å². The van der Waals surface area contributed by atoms with Gasteiger partial charge in [0, 0.05) is 82.1 Å². The third kappa shape index (κ3) is 10.6. The number of carbonyl (C=O) groups is 5. The normalized spacial score (nSPS) is 16.4. The van der Waals surface area contributed by atoms with Crippen molar-refractivity contribution in [1.82, 2.24) is 30.2 Å². The maximum absolute atomic E-state index is 14.6. The number of anilines is 3. The van der Waals surface area contributed by atoms with Crippen LogP contribution in [-0.4, -0.2) is 102 Å². The van der Waals surface area contributed by atoms with E-state index in [-0.39, 0.29) is 48.8 Å². The van der Waals surface area contributed by atoms with Gasteiger partial charge in [0.25, 0.3) is 11.8 Å². The van der Waals surface area contributed by atoms with Gasteiger partial charge in [0.1, 0.15) is 34.4 Å². The second kappa shape index (κ2) is 20.1. The molecule has 65 heavy (non-hydrogen) atoms. The van der Waals surface area contributed by atoms with Crippen molar-refractivity contribution in [3.8, 4) is 22.8 Å². The van der Waals surface area contributed by atoms with Crippen molar-refractivity contribution >= 4 is 46.9 Å². The number of benzene rings is 4. The summed E-state index contributed by atoms with van der Waals surface area (Å²) in [6, 6.07) is 28.2. The molecule has 2 saturated heterocycles. The van der Waals surface area contributed by atoms with Crippen LogP contribution in [0.15, 0.2) is 97.1 Å². The molecule has 16 nitrogen and oxygen atoms in total. The summed E-state index contributed by atoms with van der Waals surface area (Å²) in [6.45, 7) is 4.05. The van der Waals surface area contributed by atoms with Gasteiger partial charge in [0.2, 0.25) is 11.8 Å². The Balaban J connectivity index is 0.766. The van der Waals surface area contributed by atoms with Gasteiger partial charge in [-0.25, -0.2) is 13.9 Å². The van der Waals surface area contributed by atoms with E-state index in [1.54, 1.807) is 0 Å². The molecule has 0 saturated carbocycles. The molecule has 0 unspecified atom stereocenters. The van der Waals surface area contributed by atoms with Crippen LogP contribution in [0.1, 0.15) is 64.4 Å². The van der Waals surface area contributed by atoms with Crippen LogP contribution in [0.4, 0.5) is 26.4 Å². The van der Waals surface area contributed by atoms with Crippen LogP contribution in [-0.2, 0) is 16.1 Å². The Labute approximate surface area is 376 Å². The van der Waals surface area contributed by atoms with E-state index in [4.69, 9.17) is 15.6 Å². The highest BCUT2D eigenvalue weighted by molar-refractivity contribution is 6.06. The van der Waals surface area contributed by atoms with E-state index in [0.717, 1.165) is 47.9 Å². The molecule has 4 heterocycles. The topological polar surface area (TPSA) is 196 Å². The van der Waals surface area contributed by atoms with Gasteiger partial charge < -0.3 is 36.2 Å². The summed E-state index contributed by atoms with van der Waals surface area (Å²) >= 11 is 0. The fourth-order valence-electron chi connectivity index (χ4n) is 8.72. The van der Waals surface area contributed by atoms with Crippen molar-refractivity contribution in [3.05, 3.63) is 120 Å². The number of imide groups is 1. The molecule has 8 rings (SSSR count). The Morgan fingerprint density at radius 1 is 0.908 bits per heavy atom. The third-order valence-electron chi connectivity index (χ3n) is 12.2. The number of piperidine rings is 1. The lowest BCUT2D eigenvalue weighted by molar-refractivity contribution is -0.133. The van der Waals surface area contributed by atoms with E-state index in [1.807, 2.05) is 95.5 Å². The Hall–Kier alpha value is -7.27. The SMILES string of the molecule is CN(CCC(=O)N1CCC([C@@H]2CCNc3c(C(N)=O)c(-c4ccc(Oc5ccccc5)cc4)nn32)CC1)Cc1ccc(NCCNC(=O)c2cc(N3CCC(=O)NC3=O)ccc2F)cc1. The third-order valence-corrected chi connectivity index (χ3v) is 12.2. The minimum absolute atomic E-state index is 0.0672. The number of fused-ring (bicyclic) bond motifs is 1. The van der Waals surface area contributed by atoms with Crippen LogP contribution < -0.4 is 36.6 Å². The number of nitrogens with zero attached hydrogens (tertiary/aromatic N) is 5. The van der Waals surface area contributed by atoms with Crippen LogP contribution in [0, 0.1) is 11.7 Å². The average Bonchev–Trinajstić information content (AvgIpc) is 3.72. The van der Waals surface area contributed by atoms with Gasteiger partial charge in [-0.2, -0.15) is 5.10 Å². The number of likely N-dealkylation sites (tertiary alicyclic amines) is 1. The van der Waals surface area contributed by atoms with Crippen LogP contribution in [0.5, 0.6) is 11.5 Å². The summed E-state index contributed by atoms with van der Waals surface area (Å²) in [6.07, 6.45) is 3.04. The molecule has 6 amide bonds. The molecule has 0 radical (unpaired) electrons. The van der Waals surface area contributed by atoms with Gasteiger partial charge in [-0.1, -0.05) is 30.3 Å². The predicted molar refractivity (Wildman–Crippen MR) is 244 cm³/mol. The second-order valence-corrected chi connectivity index (χ2v) is 16.6. The zero-order chi connectivity index (χ0) is 45.5. The summed E-state index contributed by atoms with van der Waals surface area (Å²) in [5.74, 6) is 0.215. The van der Waals surface area contributed by atoms with Crippen molar-refractivity contribution in [3.63, 3.8) is 0 Å². The minimum Gasteiger partial charge on any atom is -0.457 e. The molecule has 338 valence electrons. The van der Waals surface area contributed by atoms with Crippen LogP contribution >= 0.6 is 0 Å². The van der Waals surface area contributed by atoms with Crippen LogP contribution in [0.25, 0.3) is 11.3 Å². The van der Waals surface area contributed by atoms with Gasteiger partial charge in [-0.05, 0) is 105 Å². The second-order valence-electron chi connectivity index (χ2n) is 16.6. The quantitative estimate of drug-likeness (QED) is 0.0735. The summed E-state index contributed by atoms with van der Waals surface area (Å²) in [7, 11) is 2.00. The zero-order valence-corrected chi connectivity index (χ0v) is 36.2. The molecule has 1 atom stereocenters. The molecule has 5 aromatic rings. The number of para-hydroxylation sites is 1. The predicted octanol–water partition coefficient (Wildman–Crippen LogP) is 5.99. The standard InChI is InChI=1S/C48H53FN10O6/c1-56(30-31-7-11-34(12-8-31)51-23-24-53-47(63)38-29-35(13-16-39(38)49)58-28-20-41(60)54-48(58)64)25-21-42(61)57-26-18-32(19-27-57)40-17-22-52-46-43(45(50)62)44(55-59(40)46)33-9-14-37(15-10-33)65-36-5-3-2-4-6-36/h2-16,29,32,40,51-52H,17-28,30H2,1H3,(H2,50,62)(H,53,63)(H,54,60,64)/t40-/m0/s1. The summed E-state index contributed by atoms with van der Waals surface area (Å²) in [4.78, 5) is 68.1. The fourth-order valence-corrected chi connectivity index (χ4v) is 8.72. The minimum atomic E-state index is -0.715. The number of nitrogens with two attached hydrogens (primary N) is 1. The lowest BCUT2D eigenvalue weighted by Crippen LogP contribution is -2.49. The molecule has 2 fully saturated rings. The molecular formula is C48H53FN10O6. The molecule has 0 spiro atoms. The first-order chi connectivity index (χ1) is 31.5. The summed E-state index contributed by atoms with van der Waals surface area (Å²) < 4.78 is 22.5. The summed E-state index contributed by atoms with van der Waals surface area (Å²) in [5.41, 5.74) is 9.70. The van der Waals surface area contributed by atoms with Gasteiger partial charge in [0.05, 0.1) is 11.6 Å². The number of amides is 6. The molecule has 17 heteroatoms. The first-order valence-electron chi connectivity index (χ1n) is 22.0. The van der Waals surface area contributed by atoms with E-state index in [0.29, 0.717) is 74.2 Å². The molecule has 0 bridgehead atoms. The highest BCUT2D eigenvalue weighted by Gasteiger charge is 2.36. The maximum atomic E-state index is 14.6. The van der Waals surface area contributed by atoms with Crippen LogP contribution in [0.3, 0.4) is 0 Å². The van der Waals surface area contributed by atoms with Crippen molar-refractivity contribution in [2.45, 2.75) is 44.7 Å². The Morgan fingerprint density at radius 3 is 2.37 bits per heavy atom. The Kier molecular flexibility index (Phi) is 13.7. The van der Waals surface area contributed by atoms with E-state index >= 15 is 0 Å². The molecule has 3 aliphatic rings. The monoisotopic (exact) mass is 884 g/mol. The number of nitrogens with one attached hydrogen (secondary N) is 4. The van der Waals surface area contributed by atoms with Crippen molar-refractivity contribution in [2.75, 3.05) is 68.4 Å². The molecule has 0 aliphatic carbocycles. The first-order valence-corrected chi connectivity index (χ1v) is 22.0. The lowest BCUT2D eigenvalue weighted by atomic mass is 9.86. The maximum Gasteiger partial charge on any atom is 0.328 e. The molecule has 1 aromatic heterocycles. The van der Waals surface area contributed by atoms with Crippen molar-refractivity contribution < 1.29 is 33.1 Å². The number of hydrogen-bond donors (Lipinski definition) is 5. The average molecular weight is 885 g/mol. The van der Waals surface area contributed by atoms with Gasteiger partial charge in [-0.15, -0.1) is 0 Å². The Bertz CT molecular complexity index is 2530. The molecular weight excluding hydrogens is 832 g/mol. The van der Waals surface area contributed by atoms with E-state index in [9.17, 15) is 28.4 Å². The number of rotatable bonds is 16. The largest absolute Gasteiger partial charge is 0.457 e. The van der Waals surface area contributed by atoms with Crippen LogP contribution in [0.2, 0.25) is 0 Å². The number of hydrogen-bond acceptors (Lipinski definition) is 10. The number of primary amides is 1. The number of halogens is 1. The van der Waals surface area contributed by atoms with E-state index in [1.165, 1.54) is 17.0 Å². The van der Waals surface area contributed by atoms with Crippen molar-refractivity contribution in [2.24, 2.45) is 11.7 Å². The number of carbonyl (C=O) groups excluding carboxylic acids is 5. The number of ether oxygens (including phenoxy) is 1. The van der Waals surface area contributed by atoms with E-state index < -0.39 is 23.7 Å². The smallest absolute Gasteiger partial charge is 0.328 e. The molecule has 4 aromatic carbocycles. The van der Waals surface area contributed by atoms with Gasteiger partial charge in [0.15, 0.2) is 0 Å². The number of urea groups is 1. The number of aromatic nitrogens is 2. The highest BCUT2D eigenvalue weighted by atomic mass is 19.1.